The molecule has 3 aromatic rings. The quantitative estimate of drug-likeness (QED) is 0.691. The number of aromatic nitrogens is 3. The molecule has 0 spiro atoms. The number of aryl methyl sites for hydroxylation is 2. The lowest BCUT2D eigenvalue weighted by molar-refractivity contribution is 0.0723. The van der Waals surface area contributed by atoms with Crippen LogP contribution in [0, 0.1) is 0 Å². The monoisotopic (exact) mass is 366 g/mol. The van der Waals surface area contributed by atoms with Crippen LogP contribution < -0.4 is 0 Å². The number of para-hydroxylation sites is 1. The van der Waals surface area contributed by atoms with Crippen molar-refractivity contribution in [3.63, 3.8) is 0 Å². The molecule has 26 heavy (non-hydrogen) atoms. The Hall–Kier alpha value is -2.21. The van der Waals surface area contributed by atoms with E-state index in [0.29, 0.717) is 0 Å². The zero-order valence-electron chi connectivity index (χ0n) is 14.9. The Bertz CT molecular complexity index is 956. The predicted molar refractivity (Wildman–Crippen MR) is 102 cm³/mol. The molecule has 0 saturated carbocycles. The summed E-state index contributed by atoms with van der Waals surface area (Å²) in [5, 5.41) is 5.70. The van der Waals surface area contributed by atoms with Crippen molar-refractivity contribution < 1.29 is 4.79 Å². The van der Waals surface area contributed by atoms with Gasteiger partial charge in [-0.15, -0.1) is 11.3 Å². The zero-order valence-corrected chi connectivity index (χ0v) is 15.8. The lowest BCUT2D eigenvalue weighted by Crippen LogP contribution is -2.32. The Kier molecular flexibility index (Phi) is 3.81. The molecular weight excluding hydrogens is 344 g/mol. The molecule has 0 N–H and O–H groups in total. The number of amides is 1. The molecule has 1 amide bonds. The van der Waals surface area contributed by atoms with Gasteiger partial charge in [-0.1, -0.05) is 12.1 Å². The molecule has 1 atom stereocenters. The lowest BCUT2D eigenvalue weighted by atomic mass is 9.95. The summed E-state index contributed by atoms with van der Waals surface area (Å²) in [4.78, 5) is 20.3. The van der Waals surface area contributed by atoms with Crippen molar-refractivity contribution in [2.24, 2.45) is 7.05 Å². The predicted octanol–water partition coefficient (Wildman–Crippen LogP) is 3.89. The SMILES string of the molecule is Cn1nc2c(c1C(=O)N1CCCC1c1nc3ccccc3s1)CCCC2. The molecule has 3 heterocycles. The third-order valence-electron chi connectivity index (χ3n) is 5.63. The van der Waals surface area contributed by atoms with Crippen LogP contribution in [0.1, 0.15) is 58.5 Å². The maximum absolute atomic E-state index is 13.4. The summed E-state index contributed by atoms with van der Waals surface area (Å²) in [6, 6.07) is 8.31. The van der Waals surface area contributed by atoms with E-state index in [0.717, 1.165) is 60.6 Å². The largest absolute Gasteiger partial charge is 0.328 e. The van der Waals surface area contributed by atoms with Gasteiger partial charge in [-0.25, -0.2) is 4.98 Å². The number of thiazole rings is 1. The summed E-state index contributed by atoms with van der Waals surface area (Å²) in [6.07, 6.45) is 6.33. The minimum Gasteiger partial charge on any atom is -0.328 e. The molecule has 1 saturated heterocycles. The molecule has 0 radical (unpaired) electrons. The fraction of sp³-hybridized carbons (Fsp3) is 0.450. The minimum atomic E-state index is 0.0917. The van der Waals surface area contributed by atoms with E-state index in [9.17, 15) is 4.79 Å². The second-order valence-corrected chi connectivity index (χ2v) is 8.34. The van der Waals surface area contributed by atoms with Gasteiger partial charge in [0.15, 0.2) is 0 Å². The first-order valence-corrected chi connectivity index (χ1v) is 10.2. The molecule has 6 heteroatoms. The molecule has 1 aliphatic heterocycles. The highest BCUT2D eigenvalue weighted by molar-refractivity contribution is 7.18. The van der Waals surface area contributed by atoms with Gasteiger partial charge in [0.05, 0.1) is 22.0 Å². The van der Waals surface area contributed by atoms with Crippen molar-refractivity contribution in [1.82, 2.24) is 19.7 Å². The van der Waals surface area contributed by atoms with Crippen LogP contribution in [0.3, 0.4) is 0 Å². The van der Waals surface area contributed by atoms with E-state index >= 15 is 0 Å². The molecule has 1 aliphatic carbocycles. The number of nitrogens with zero attached hydrogens (tertiary/aromatic N) is 4. The van der Waals surface area contributed by atoms with E-state index < -0.39 is 0 Å². The smallest absolute Gasteiger partial charge is 0.273 e. The lowest BCUT2D eigenvalue weighted by Gasteiger charge is -2.24. The zero-order chi connectivity index (χ0) is 17.7. The standard InChI is InChI=1S/C20H22N4OS/c1-23-18(13-7-2-3-8-14(13)22-23)20(25)24-12-6-10-16(24)19-21-15-9-4-5-11-17(15)26-19/h4-5,9,11,16H,2-3,6-8,10,12H2,1H3. The number of hydrogen-bond donors (Lipinski definition) is 0. The van der Waals surface area contributed by atoms with Crippen LogP contribution in [-0.4, -0.2) is 32.1 Å². The second-order valence-electron chi connectivity index (χ2n) is 7.28. The molecular formula is C20H22N4OS. The van der Waals surface area contributed by atoms with Crippen LogP contribution in [0.25, 0.3) is 10.2 Å². The van der Waals surface area contributed by atoms with Gasteiger partial charge in [0.2, 0.25) is 0 Å². The normalized spacial score (nSPS) is 19.9. The van der Waals surface area contributed by atoms with Gasteiger partial charge in [-0.3, -0.25) is 9.48 Å². The van der Waals surface area contributed by atoms with Crippen LogP contribution in [0.4, 0.5) is 0 Å². The van der Waals surface area contributed by atoms with Crippen molar-refractivity contribution in [1.29, 1.82) is 0 Å². The first kappa shape index (κ1) is 16.0. The molecule has 0 bridgehead atoms. The van der Waals surface area contributed by atoms with Gasteiger partial charge in [0.1, 0.15) is 10.7 Å². The molecule has 2 aromatic heterocycles. The molecule has 134 valence electrons. The Morgan fingerprint density at radius 2 is 2.04 bits per heavy atom. The van der Waals surface area contributed by atoms with Gasteiger partial charge in [0, 0.05) is 19.2 Å². The van der Waals surface area contributed by atoms with Crippen LogP contribution in [0.2, 0.25) is 0 Å². The van der Waals surface area contributed by atoms with Crippen molar-refractivity contribution >= 4 is 27.5 Å². The Labute approximate surface area is 156 Å². The van der Waals surface area contributed by atoms with Gasteiger partial charge < -0.3 is 4.90 Å². The topological polar surface area (TPSA) is 51.0 Å². The second kappa shape index (κ2) is 6.20. The van der Waals surface area contributed by atoms with E-state index in [-0.39, 0.29) is 11.9 Å². The molecule has 1 aromatic carbocycles. The van der Waals surface area contributed by atoms with Crippen LogP contribution in [0.15, 0.2) is 24.3 Å². The highest BCUT2D eigenvalue weighted by atomic mass is 32.1. The number of hydrogen-bond acceptors (Lipinski definition) is 4. The average molecular weight is 366 g/mol. The molecule has 5 rings (SSSR count). The van der Waals surface area contributed by atoms with Gasteiger partial charge >= 0.3 is 0 Å². The minimum absolute atomic E-state index is 0.0917. The maximum Gasteiger partial charge on any atom is 0.273 e. The number of rotatable bonds is 2. The van der Waals surface area contributed by atoms with Gasteiger partial charge in [0.25, 0.3) is 5.91 Å². The third-order valence-corrected chi connectivity index (χ3v) is 6.77. The van der Waals surface area contributed by atoms with E-state index in [1.807, 2.05) is 34.8 Å². The van der Waals surface area contributed by atoms with Gasteiger partial charge in [-0.05, 0) is 50.7 Å². The summed E-state index contributed by atoms with van der Waals surface area (Å²) >= 11 is 1.72. The average Bonchev–Trinajstić information content (AvgIpc) is 3.36. The summed E-state index contributed by atoms with van der Waals surface area (Å²) in [7, 11) is 1.91. The van der Waals surface area contributed by atoms with Crippen molar-refractivity contribution in [2.75, 3.05) is 6.54 Å². The third kappa shape index (κ3) is 2.47. The maximum atomic E-state index is 13.4. The van der Waals surface area contributed by atoms with Crippen molar-refractivity contribution in [3.8, 4) is 0 Å². The van der Waals surface area contributed by atoms with Crippen LogP contribution in [0.5, 0.6) is 0 Å². The number of carbonyl (C=O) groups is 1. The van der Waals surface area contributed by atoms with E-state index in [1.165, 1.54) is 16.7 Å². The first-order valence-electron chi connectivity index (χ1n) is 9.43. The molecule has 5 nitrogen and oxygen atoms in total. The highest BCUT2D eigenvalue weighted by Crippen LogP contribution is 2.38. The van der Waals surface area contributed by atoms with Crippen LogP contribution >= 0.6 is 11.3 Å². The Morgan fingerprint density at radius 1 is 1.19 bits per heavy atom. The highest BCUT2D eigenvalue weighted by Gasteiger charge is 2.36. The number of likely N-dealkylation sites (tertiary alicyclic amines) is 1. The molecule has 1 unspecified atom stereocenters. The van der Waals surface area contributed by atoms with Crippen molar-refractivity contribution in [2.45, 2.75) is 44.6 Å². The Balaban J connectivity index is 1.51. The van der Waals surface area contributed by atoms with E-state index in [1.54, 1.807) is 11.3 Å². The van der Waals surface area contributed by atoms with Gasteiger partial charge in [-0.2, -0.15) is 5.10 Å². The fourth-order valence-corrected chi connectivity index (χ4v) is 5.50. The first-order chi connectivity index (χ1) is 12.7. The van der Waals surface area contributed by atoms with Crippen molar-refractivity contribution in [3.05, 3.63) is 46.2 Å². The van der Waals surface area contributed by atoms with E-state index in [2.05, 4.69) is 11.2 Å². The number of carbonyl (C=O) groups excluding carboxylic acids is 1. The summed E-state index contributed by atoms with van der Waals surface area (Å²) < 4.78 is 3.01. The fourth-order valence-electron chi connectivity index (χ4n) is 4.38. The summed E-state index contributed by atoms with van der Waals surface area (Å²) in [6.45, 7) is 0.805. The molecule has 2 aliphatic rings. The Morgan fingerprint density at radius 3 is 2.92 bits per heavy atom. The molecule has 1 fully saturated rings. The summed E-state index contributed by atoms with van der Waals surface area (Å²) in [5.74, 6) is 0.130. The number of fused-ring (bicyclic) bond motifs is 2. The van der Waals surface area contributed by atoms with E-state index in [4.69, 9.17) is 4.98 Å². The number of benzene rings is 1. The van der Waals surface area contributed by atoms with Crippen LogP contribution in [-0.2, 0) is 19.9 Å². The summed E-state index contributed by atoms with van der Waals surface area (Å²) in [5.41, 5.74) is 4.13.